The highest BCUT2D eigenvalue weighted by Crippen LogP contribution is 2.32. The van der Waals surface area contributed by atoms with Crippen LogP contribution in [0.15, 0.2) is 30.3 Å². The van der Waals surface area contributed by atoms with Crippen molar-refractivity contribution in [2.75, 3.05) is 6.54 Å². The van der Waals surface area contributed by atoms with Gasteiger partial charge in [0.15, 0.2) is 0 Å². The predicted molar refractivity (Wildman–Crippen MR) is 89.3 cm³/mol. The van der Waals surface area contributed by atoms with Gasteiger partial charge in [-0.2, -0.15) is 0 Å². The highest BCUT2D eigenvalue weighted by Gasteiger charge is 2.35. The molecule has 0 aliphatic carbocycles. The Bertz CT molecular complexity index is 401. The van der Waals surface area contributed by atoms with Gasteiger partial charge in [-0.1, -0.05) is 63.9 Å². The fourth-order valence-corrected chi connectivity index (χ4v) is 3.83. The molecule has 0 aromatic heterocycles. The molecule has 0 radical (unpaired) electrons. The SMILES string of the molecule is CCCC1CCCCN1C(C(C)C)C(O)c1ccccc1. The molecule has 0 saturated carbocycles. The van der Waals surface area contributed by atoms with E-state index in [0.29, 0.717) is 12.0 Å². The van der Waals surface area contributed by atoms with Crippen LogP contribution in [0.2, 0.25) is 0 Å². The maximum absolute atomic E-state index is 10.9. The first-order chi connectivity index (χ1) is 10.1. The first-order valence-electron chi connectivity index (χ1n) is 8.64. The van der Waals surface area contributed by atoms with Crippen LogP contribution in [0.5, 0.6) is 0 Å². The van der Waals surface area contributed by atoms with E-state index in [1.807, 2.05) is 18.2 Å². The van der Waals surface area contributed by atoms with Crippen molar-refractivity contribution in [1.29, 1.82) is 0 Å². The first kappa shape index (κ1) is 16.5. The third-order valence-electron chi connectivity index (χ3n) is 4.83. The molecule has 2 rings (SSSR count). The van der Waals surface area contributed by atoms with Crippen LogP contribution >= 0.6 is 0 Å². The number of aliphatic hydroxyl groups excluding tert-OH is 1. The molecule has 1 aliphatic heterocycles. The molecule has 1 aromatic carbocycles. The number of hydrogen-bond acceptors (Lipinski definition) is 2. The Balaban J connectivity index is 2.20. The largest absolute Gasteiger partial charge is 0.387 e. The monoisotopic (exact) mass is 289 g/mol. The molecule has 1 aromatic rings. The van der Waals surface area contributed by atoms with Crippen molar-refractivity contribution >= 4 is 0 Å². The molecule has 2 nitrogen and oxygen atoms in total. The zero-order valence-electron chi connectivity index (χ0n) is 13.8. The van der Waals surface area contributed by atoms with Crippen LogP contribution < -0.4 is 0 Å². The van der Waals surface area contributed by atoms with Gasteiger partial charge in [0.2, 0.25) is 0 Å². The fourth-order valence-electron chi connectivity index (χ4n) is 3.83. The van der Waals surface area contributed by atoms with Crippen LogP contribution in [0.3, 0.4) is 0 Å². The van der Waals surface area contributed by atoms with Gasteiger partial charge in [-0.05, 0) is 37.3 Å². The lowest BCUT2D eigenvalue weighted by molar-refractivity contribution is -0.0182. The van der Waals surface area contributed by atoms with Gasteiger partial charge in [0.05, 0.1) is 6.10 Å². The second kappa shape index (κ2) is 7.95. The molecular weight excluding hydrogens is 258 g/mol. The zero-order valence-corrected chi connectivity index (χ0v) is 13.8. The van der Waals surface area contributed by atoms with Crippen LogP contribution in [0, 0.1) is 5.92 Å². The van der Waals surface area contributed by atoms with Crippen molar-refractivity contribution < 1.29 is 5.11 Å². The van der Waals surface area contributed by atoms with Gasteiger partial charge in [0.1, 0.15) is 0 Å². The molecule has 1 saturated heterocycles. The second-order valence-corrected chi connectivity index (χ2v) is 6.77. The Hall–Kier alpha value is -0.860. The van der Waals surface area contributed by atoms with E-state index in [1.165, 1.54) is 32.1 Å². The molecule has 0 bridgehead atoms. The average molecular weight is 289 g/mol. The summed E-state index contributed by atoms with van der Waals surface area (Å²) in [6.07, 6.45) is 6.00. The van der Waals surface area contributed by atoms with Crippen molar-refractivity contribution in [2.24, 2.45) is 5.92 Å². The number of nitrogens with zero attached hydrogens (tertiary/aromatic N) is 1. The Kier molecular flexibility index (Phi) is 6.25. The Morgan fingerprint density at radius 1 is 1.19 bits per heavy atom. The molecule has 1 heterocycles. The Morgan fingerprint density at radius 2 is 1.90 bits per heavy atom. The summed E-state index contributed by atoms with van der Waals surface area (Å²) < 4.78 is 0. The molecule has 1 fully saturated rings. The normalized spacial score (nSPS) is 23.2. The molecule has 3 atom stereocenters. The van der Waals surface area contributed by atoms with E-state index in [0.717, 1.165) is 12.1 Å². The summed E-state index contributed by atoms with van der Waals surface area (Å²) in [5.74, 6) is 0.456. The third kappa shape index (κ3) is 4.08. The number of hydrogen-bond donors (Lipinski definition) is 1. The van der Waals surface area contributed by atoms with Gasteiger partial charge in [-0.15, -0.1) is 0 Å². The van der Waals surface area contributed by atoms with Gasteiger partial charge in [0.25, 0.3) is 0 Å². The van der Waals surface area contributed by atoms with Crippen molar-refractivity contribution in [3.63, 3.8) is 0 Å². The first-order valence-corrected chi connectivity index (χ1v) is 8.64. The fraction of sp³-hybridized carbons (Fsp3) is 0.684. The molecule has 2 heteroatoms. The lowest BCUT2D eigenvalue weighted by atomic mass is 9.87. The molecule has 0 spiro atoms. The van der Waals surface area contributed by atoms with Gasteiger partial charge >= 0.3 is 0 Å². The minimum Gasteiger partial charge on any atom is -0.387 e. The van der Waals surface area contributed by atoms with E-state index in [4.69, 9.17) is 0 Å². The van der Waals surface area contributed by atoms with Gasteiger partial charge in [0, 0.05) is 12.1 Å². The summed E-state index contributed by atoms with van der Waals surface area (Å²) in [4.78, 5) is 2.61. The summed E-state index contributed by atoms with van der Waals surface area (Å²) >= 11 is 0. The number of likely N-dealkylation sites (tertiary alicyclic amines) is 1. The summed E-state index contributed by atoms with van der Waals surface area (Å²) in [6, 6.07) is 11.0. The van der Waals surface area contributed by atoms with E-state index in [9.17, 15) is 5.11 Å². The number of piperidine rings is 1. The van der Waals surface area contributed by atoms with Gasteiger partial charge < -0.3 is 5.11 Å². The topological polar surface area (TPSA) is 23.5 Å². The molecule has 118 valence electrons. The van der Waals surface area contributed by atoms with E-state index < -0.39 is 0 Å². The minimum atomic E-state index is -0.386. The standard InChI is InChI=1S/C19H31NO/c1-4-10-17-13-8-9-14-20(17)18(15(2)3)19(21)16-11-6-5-7-12-16/h5-7,11-12,15,17-19,21H,4,8-10,13-14H2,1-3H3. The molecule has 0 amide bonds. The van der Waals surface area contributed by atoms with Crippen molar-refractivity contribution in [3.05, 3.63) is 35.9 Å². The maximum Gasteiger partial charge on any atom is 0.0947 e. The lowest BCUT2D eigenvalue weighted by Gasteiger charge is -2.45. The average Bonchev–Trinajstić information content (AvgIpc) is 2.50. The lowest BCUT2D eigenvalue weighted by Crippen LogP contribution is -2.51. The van der Waals surface area contributed by atoms with Gasteiger partial charge in [-0.25, -0.2) is 0 Å². The van der Waals surface area contributed by atoms with Crippen LogP contribution in [0.4, 0.5) is 0 Å². The van der Waals surface area contributed by atoms with Gasteiger partial charge in [-0.3, -0.25) is 4.90 Å². The second-order valence-electron chi connectivity index (χ2n) is 6.77. The quantitative estimate of drug-likeness (QED) is 0.839. The molecule has 1 aliphatic rings. The highest BCUT2D eigenvalue weighted by molar-refractivity contribution is 5.19. The predicted octanol–water partition coefficient (Wildman–Crippen LogP) is 4.40. The summed E-state index contributed by atoms with van der Waals surface area (Å²) in [6.45, 7) is 7.89. The Morgan fingerprint density at radius 3 is 2.52 bits per heavy atom. The maximum atomic E-state index is 10.9. The van der Waals surface area contributed by atoms with E-state index in [-0.39, 0.29) is 12.1 Å². The molecular formula is C19H31NO. The number of aliphatic hydroxyl groups is 1. The van der Waals surface area contributed by atoms with E-state index in [1.54, 1.807) is 0 Å². The van der Waals surface area contributed by atoms with E-state index >= 15 is 0 Å². The van der Waals surface area contributed by atoms with Crippen LogP contribution in [-0.2, 0) is 0 Å². The summed E-state index contributed by atoms with van der Waals surface area (Å²) in [5.41, 5.74) is 1.05. The van der Waals surface area contributed by atoms with Crippen molar-refractivity contribution in [2.45, 2.75) is 71.1 Å². The third-order valence-corrected chi connectivity index (χ3v) is 4.83. The van der Waals surface area contributed by atoms with Crippen LogP contribution in [0.1, 0.15) is 64.5 Å². The van der Waals surface area contributed by atoms with Crippen LogP contribution in [-0.4, -0.2) is 28.6 Å². The van der Waals surface area contributed by atoms with E-state index in [2.05, 4.69) is 37.8 Å². The Labute approximate surface area is 130 Å². The zero-order chi connectivity index (χ0) is 15.2. The number of rotatable bonds is 6. The smallest absolute Gasteiger partial charge is 0.0947 e. The number of benzene rings is 1. The van der Waals surface area contributed by atoms with Crippen LogP contribution in [0.25, 0.3) is 0 Å². The molecule has 3 unspecified atom stereocenters. The summed E-state index contributed by atoms with van der Waals surface area (Å²) in [5, 5.41) is 10.9. The molecule has 21 heavy (non-hydrogen) atoms. The summed E-state index contributed by atoms with van der Waals surface area (Å²) in [7, 11) is 0. The van der Waals surface area contributed by atoms with Crippen molar-refractivity contribution in [3.8, 4) is 0 Å². The van der Waals surface area contributed by atoms with Crippen molar-refractivity contribution in [1.82, 2.24) is 4.90 Å². The molecule has 1 N–H and O–H groups in total. The highest BCUT2D eigenvalue weighted by atomic mass is 16.3. The minimum absolute atomic E-state index is 0.226.